The second kappa shape index (κ2) is 12.0. The highest BCUT2D eigenvalue weighted by molar-refractivity contribution is 7.89. The second-order valence-electron chi connectivity index (χ2n) is 8.87. The van der Waals surface area contributed by atoms with Crippen molar-refractivity contribution in [2.24, 2.45) is 0 Å². The van der Waals surface area contributed by atoms with Crippen molar-refractivity contribution < 1.29 is 22.7 Å². The maximum absolute atomic E-state index is 13.7. The van der Waals surface area contributed by atoms with Gasteiger partial charge in [0.05, 0.1) is 31.2 Å². The van der Waals surface area contributed by atoms with Crippen LogP contribution in [0.3, 0.4) is 0 Å². The van der Waals surface area contributed by atoms with Crippen LogP contribution in [0.4, 0.5) is 0 Å². The molecule has 1 fully saturated rings. The third-order valence-corrected chi connectivity index (χ3v) is 9.15. The summed E-state index contributed by atoms with van der Waals surface area (Å²) < 4.78 is 39.5. The third-order valence-electron chi connectivity index (χ3n) is 6.31. The summed E-state index contributed by atoms with van der Waals surface area (Å²) in [5.41, 5.74) is 2.11. The Kier molecular flexibility index (Phi) is 8.79. The molecule has 0 radical (unpaired) electrons. The van der Waals surface area contributed by atoms with E-state index in [-0.39, 0.29) is 30.0 Å². The van der Waals surface area contributed by atoms with E-state index >= 15 is 0 Å². The fourth-order valence-corrected chi connectivity index (χ4v) is 6.53. The molecule has 1 amide bonds. The van der Waals surface area contributed by atoms with Crippen LogP contribution in [-0.4, -0.2) is 56.4 Å². The molecule has 1 aliphatic heterocycles. The molecule has 3 aromatic rings. The summed E-state index contributed by atoms with van der Waals surface area (Å²) in [5.74, 6) is 0.317. The molecule has 0 N–H and O–H groups in total. The van der Waals surface area contributed by atoms with E-state index in [1.807, 2.05) is 48.7 Å². The molecule has 1 aliphatic rings. The van der Waals surface area contributed by atoms with Gasteiger partial charge in [-0.3, -0.25) is 4.79 Å². The summed E-state index contributed by atoms with van der Waals surface area (Å²) in [6, 6.07) is 18.0. The zero-order chi connectivity index (χ0) is 25.5. The summed E-state index contributed by atoms with van der Waals surface area (Å²) in [4.78, 5) is 16.7. The van der Waals surface area contributed by atoms with Crippen molar-refractivity contribution >= 4 is 27.3 Å². The third kappa shape index (κ3) is 6.53. The molecule has 1 atom stereocenters. The molecule has 0 aliphatic carbocycles. The summed E-state index contributed by atoms with van der Waals surface area (Å²) in [7, 11) is -2.40. The van der Waals surface area contributed by atoms with E-state index in [0.29, 0.717) is 25.4 Å². The number of aryl methyl sites for hydroxylation is 1. The van der Waals surface area contributed by atoms with E-state index in [2.05, 4.69) is 0 Å². The zero-order valence-corrected chi connectivity index (χ0v) is 22.3. The van der Waals surface area contributed by atoms with E-state index in [4.69, 9.17) is 9.47 Å². The summed E-state index contributed by atoms with van der Waals surface area (Å²) in [5, 5.41) is 2.01. The number of sulfonamides is 1. The number of thiophene rings is 1. The number of rotatable bonds is 11. The zero-order valence-electron chi connectivity index (χ0n) is 20.6. The molecule has 0 spiro atoms. The highest BCUT2D eigenvalue weighted by Gasteiger charge is 2.32. The van der Waals surface area contributed by atoms with Crippen molar-refractivity contribution in [3.8, 4) is 5.75 Å². The first-order chi connectivity index (χ1) is 17.4. The predicted molar refractivity (Wildman–Crippen MR) is 140 cm³/mol. The molecule has 9 heteroatoms. The van der Waals surface area contributed by atoms with E-state index in [9.17, 15) is 13.2 Å². The lowest BCUT2D eigenvalue weighted by molar-refractivity contribution is -0.132. The van der Waals surface area contributed by atoms with Gasteiger partial charge in [0, 0.05) is 24.6 Å². The molecule has 1 aromatic heterocycles. The fraction of sp³-hybridized carbons (Fsp3) is 0.370. The SMILES string of the molecule is COc1ccc(S(=O)(=O)N(CC(=O)N(Cc2ccccc2)Cc2sccc2C)CC2CCCO2)cc1. The van der Waals surface area contributed by atoms with Gasteiger partial charge in [-0.2, -0.15) is 4.31 Å². The molecular formula is C27H32N2O5S2. The molecule has 2 heterocycles. The lowest BCUT2D eigenvalue weighted by Crippen LogP contribution is -2.45. The monoisotopic (exact) mass is 528 g/mol. The van der Waals surface area contributed by atoms with Gasteiger partial charge in [0.15, 0.2) is 0 Å². The van der Waals surface area contributed by atoms with Gasteiger partial charge in [-0.1, -0.05) is 30.3 Å². The number of carbonyl (C=O) groups excluding carboxylic acids is 1. The maximum atomic E-state index is 13.7. The van der Waals surface area contributed by atoms with E-state index in [1.54, 1.807) is 28.4 Å². The lowest BCUT2D eigenvalue weighted by Gasteiger charge is -2.28. The van der Waals surface area contributed by atoms with E-state index in [0.717, 1.165) is 28.8 Å². The van der Waals surface area contributed by atoms with Crippen LogP contribution in [0.2, 0.25) is 0 Å². The topological polar surface area (TPSA) is 76.2 Å². The average Bonchev–Trinajstić information content (AvgIpc) is 3.55. The molecule has 36 heavy (non-hydrogen) atoms. The van der Waals surface area contributed by atoms with Crippen LogP contribution in [0.25, 0.3) is 0 Å². The Morgan fingerprint density at radius 3 is 2.44 bits per heavy atom. The van der Waals surface area contributed by atoms with Gasteiger partial charge in [-0.25, -0.2) is 8.42 Å². The van der Waals surface area contributed by atoms with E-state index < -0.39 is 10.0 Å². The largest absolute Gasteiger partial charge is 0.497 e. The first-order valence-electron chi connectivity index (χ1n) is 12.0. The smallest absolute Gasteiger partial charge is 0.243 e. The van der Waals surface area contributed by atoms with Crippen LogP contribution >= 0.6 is 11.3 Å². The van der Waals surface area contributed by atoms with E-state index in [1.165, 1.54) is 23.5 Å². The minimum Gasteiger partial charge on any atom is -0.497 e. The molecule has 7 nitrogen and oxygen atoms in total. The van der Waals surface area contributed by atoms with Crippen LogP contribution in [0, 0.1) is 6.92 Å². The Morgan fingerprint density at radius 1 is 1.08 bits per heavy atom. The Hall–Kier alpha value is -2.72. The number of hydrogen-bond donors (Lipinski definition) is 0. The summed E-state index contributed by atoms with van der Waals surface area (Å²) >= 11 is 1.60. The van der Waals surface area contributed by atoms with Gasteiger partial charge in [0.1, 0.15) is 5.75 Å². The number of ether oxygens (including phenoxy) is 2. The van der Waals surface area contributed by atoms with Crippen molar-refractivity contribution in [1.82, 2.24) is 9.21 Å². The first-order valence-corrected chi connectivity index (χ1v) is 14.3. The average molecular weight is 529 g/mol. The number of benzene rings is 2. The van der Waals surface area contributed by atoms with Crippen LogP contribution in [0.15, 0.2) is 70.9 Å². The molecule has 1 unspecified atom stereocenters. The van der Waals surface area contributed by atoms with Gasteiger partial charge in [-0.15, -0.1) is 11.3 Å². The van der Waals surface area contributed by atoms with Crippen LogP contribution in [0.5, 0.6) is 5.75 Å². The predicted octanol–water partition coefficient (Wildman–Crippen LogP) is 4.46. The molecular weight excluding hydrogens is 496 g/mol. The van der Waals surface area contributed by atoms with Crippen LogP contribution in [-0.2, 0) is 32.6 Å². The standard InChI is InChI=1S/C27H32N2O5S2/c1-21-14-16-35-26(21)19-28(17-22-7-4-3-5-8-22)27(30)20-29(18-24-9-6-15-34-24)36(31,32)25-12-10-23(33-2)11-13-25/h3-5,7-8,10-14,16,24H,6,9,15,17-20H2,1-2H3. The molecule has 2 aromatic carbocycles. The van der Waals surface area contributed by atoms with Gasteiger partial charge >= 0.3 is 0 Å². The van der Waals surface area contributed by atoms with Crippen molar-refractivity contribution in [1.29, 1.82) is 0 Å². The van der Waals surface area contributed by atoms with Crippen molar-refractivity contribution in [3.05, 3.63) is 82.0 Å². The van der Waals surface area contributed by atoms with Gasteiger partial charge in [0.2, 0.25) is 15.9 Å². The number of amides is 1. The van der Waals surface area contributed by atoms with Gasteiger partial charge < -0.3 is 14.4 Å². The minimum atomic E-state index is -3.93. The fourth-order valence-electron chi connectivity index (χ4n) is 4.19. The summed E-state index contributed by atoms with van der Waals surface area (Å²) in [6.45, 7) is 3.32. The molecule has 0 bridgehead atoms. The second-order valence-corrected chi connectivity index (χ2v) is 11.8. The van der Waals surface area contributed by atoms with Crippen molar-refractivity contribution in [2.45, 2.75) is 43.9 Å². The first kappa shape index (κ1) is 26.3. The number of nitrogens with zero attached hydrogens (tertiary/aromatic N) is 2. The molecule has 0 saturated carbocycles. The number of carbonyl (C=O) groups is 1. The molecule has 1 saturated heterocycles. The Labute approximate surface area is 217 Å². The molecule has 192 valence electrons. The highest BCUT2D eigenvalue weighted by atomic mass is 32.2. The van der Waals surface area contributed by atoms with Crippen molar-refractivity contribution in [3.63, 3.8) is 0 Å². The maximum Gasteiger partial charge on any atom is 0.243 e. The number of methoxy groups -OCH3 is 1. The minimum absolute atomic E-state index is 0.123. The highest BCUT2D eigenvalue weighted by Crippen LogP contribution is 2.24. The normalized spacial score (nSPS) is 15.8. The summed E-state index contributed by atoms with van der Waals surface area (Å²) in [6.07, 6.45) is 1.42. The van der Waals surface area contributed by atoms with Crippen LogP contribution in [0.1, 0.15) is 28.8 Å². The van der Waals surface area contributed by atoms with Gasteiger partial charge in [0.25, 0.3) is 0 Å². The molecule has 4 rings (SSSR count). The number of hydrogen-bond acceptors (Lipinski definition) is 6. The van der Waals surface area contributed by atoms with Crippen LogP contribution < -0.4 is 4.74 Å². The Bertz CT molecular complexity index is 1240. The lowest BCUT2D eigenvalue weighted by atomic mass is 10.2. The van der Waals surface area contributed by atoms with Gasteiger partial charge in [-0.05, 0) is 66.6 Å². The Morgan fingerprint density at radius 2 is 1.83 bits per heavy atom. The Balaban J connectivity index is 1.60. The van der Waals surface area contributed by atoms with Crippen molar-refractivity contribution in [2.75, 3.05) is 26.8 Å². The quantitative estimate of drug-likeness (QED) is 0.367.